The smallest absolute Gasteiger partial charge is 0.0119 e. The van der Waals surface area contributed by atoms with Gasteiger partial charge in [0.15, 0.2) is 0 Å². The van der Waals surface area contributed by atoms with Gasteiger partial charge in [-0.3, -0.25) is 0 Å². The highest BCUT2D eigenvalue weighted by atomic mass is 15.2. The van der Waals surface area contributed by atoms with Crippen molar-refractivity contribution in [2.24, 2.45) is 11.7 Å². The van der Waals surface area contributed by atoms with E-state index in [0.717, 1.165) is 18.5 Å². The minimum atomic E-state index is 0.833. The van der Waals surface area contributed by atoms with Gasteiger partial charge in [-0.1, -0.05) is 33.1 Å². The molecule has 1 heterocycles. The van der Waals surface area contributed by atoms with Gasteiger partial charge in [-0.05, 0) is 51.2 Å². The lowest BCUT2D eigenvalue weighted by atomic mass is 10.0. The molecule has 1 unspecified atom stereocenters. The SMILES string of the molecule is CC(C)C1CCCN1CCCCCCCN. The Morgan fingerprint density at radius 2 is 1.81 bits per heavy atom. The summed E-state index contributed by atoms with van der Waals surface area (Å²) >= 11 is 0. The summed E-state index contributed by atoms with van der Waals surface area (Å²) in [5.74, 6) is 0.833. The Morgan fingerprint density at radius 1 is 1.12 bits per heavy atom. The van der Waals surface area contributed by atoms with Crippen molar-refractivity contribution in [2.45, 2.75) is 64.8 Å². The number of unbranched alkanes of at least 4 members (excludes halogenated alkanes) is 4. The summed E-state index contributed by atoms with van der Waals surface area (Å²) in [5, 5.41) is 0. The predicted molar refractivity (Wildman–Crippen MR) is 71.6 cm³/mol. The van der Waals surface area contributed by atoms with Gasteiger partial charge < -0.3 is 10.6 Å². The maximum absolute atomic E-state index is 5.49. The normalized spacial score (nSPS) is 22.1. The predicted octanol–water partition coefficient (Wildman–Crippen LogP) is 3.02. The Balaban J connectivity index is 2.03. The third-order valence-corrected chi connectivity index (χ3v) is 3.83. The van der Waals surface area contributed by atoms with Crippen LogP contribution in [-0.4, -0.2) is 30.6 Å². The molecule has 1 fully saturated rings. The molecule has 1 saturated heterocycles. The molecular formula is C14H30N2. The van der Waals surface area contributed by atoms with Gasteiger partial charge in [0.05, 0.1) is 0 Å². The fourth-order valence-electron chi connectivity index (χ4n) is 2.87. The zero-order chi connectivity index (χ0) is 11.8. The van der Waals surface area contributed by atoms with Gasteiger partial charge in [0.2, 0.25) is 0 Å². The monoisotopic (exact) mass is 226 g/mol. The van der Waals surface area contributed by atoms with Gasteiger partial charge in [0, 0.05) is 6.04 Å². The van der Waals surface area contributed by atoms with Crippen molar-refractivity contribution in [3.63, 3.8) is 0 Å². The van der Waals surface area contributed by atoms with Crippen LogP contribution in [0, 0.1) is 5.92 Å². The molecule has 0 amide bonds. The Kier molecular flexibility index (Phi) is 7.06. The molecule has 2 nitrogen and oxygen atoms in total. The highest BCUT2D eigenvalue weighted by Gasteiger charge is 2.25. The van der Waals surface area contributed by atoms with Crippen molar-refractivity contribution < 1.29 is 0 Å². The van der Waals surface area contributed by atoms with Crippen LogP contribution in [-0.2, 0) is 0 Å². The van der Waals surface area contributed by atoms with E-state index in [2.05, 4.69) is 18.7 Å². The Labute approximate surface area is 102 Å². The Bertz CT molecular complexity index is 168. The summed E-state index contributed by atoms with van der Waals surface area (Å²) in [7, 11) is 0. The number of likely N-dealkylation sites (tertiary alicyclic amines) is 1. The molecule has 0 saturated carbocycles. The van der Waals surface area contributed by atoms with Crippen LogP contribution in [0.25, 0.3) is 0 Å². The number of hydrogen-bond acceptors (Lipinski definition) is 2. The Hall–Kier alpha value is -0.0800. The molecule has 16 heavy (non-hydrogen) atoms. The molecule has 0 aromatic heterocycles. The average molecular weight is 226 g/mol. The largest absolute Gasteiger partial charge is 0.330 e. The molecule has 0 aliphatic carbocycles. The molecule has 0 aromatic rings. The van der Waals surface area contributed by atoms with E-state index in [4.69, 9.17) is 5.73 Å². The summed E-state index contributed by atoms with van der Waals surface area (Å²) in [5.41, 5.74) is 5.49. The fourth-order valence-corrected chi connectivity index (χ4v) is 2.87. The van der Waals surface area contributed by atoms with E-state index in [9.17, 15) is 0 Å². The summed E-state index contributed by atoms with van der Waals surface area (Å²) in [4.78, 5) is 2.72. The van der Waals surface area contributed by atoms with E-state index in [-0.39, 0.29) is 0 Å². The van der Waals surface area contributed by atoms with Crippen LogP contribution in [0.2, 0.25) is 0 Å². The zero-order valence-corrected chi connectivity index (χ0v) is 11.3. The van der Waals surface area contributed by atoms with Gasteiger partial charge in [-0.2, -0.15) is 0 Å². The first-order valence-electron chi connectivity index (χ1n) is 7.20. The van der Waals surface area contributed by atoms with Gasteiger partial charge in [0.25, 0.3) is 0 Å². The highest BCUT2D eigenvalue weighted by molar-refractivity contribution is 4.81. The maximum Gasteiger partial charge on any atom is 0.0119 e. The molecule has 1 atom stereocenters. The van der Waals surface area contributed by atoms with E-state index in [1.807, 2.05) is 0 Å². The van der Waals surface area contributed by atoms with Crippen molar-refractivity contribution >= 4 is 0 Å². The second kappa shape index (κ2) is 8.08. The van der Waals surface area contributed by atoms with Crippen LogP contribution >= 0.6 is 0 Å². The van der Waals surface area contributed by atoms with Gasteiger partial charge in [-0.25, -0.2) is 0 Å². The first kappa shape index (κ1) is 14.0. The molecule has 0 bridgehead atoms. The van der Waals surface area contributed by atoms with Crippen molar-refractivity contribution in [3.05, 3.63) is 0 Å². The van der Waals surface area contributed by atoms with Crippen molar-refractivity contribution in [2.75, 3.05) is 19.6 Å². The van der Waals surface area contributed by atoms with Crippen LogP contribution in [0.5, 0.6) is 0 Å². The third-order valence-electron chi connectivity index (χ3n) is 3.83. The maximum atomic E-state index is 5.49. The standard InChI is InChI=1S/C14H30N2/c1-13(2)14-9-8-12-16(14)11-7-5-3-4-6-10-15/h13-14H,3-12,15H2,1-2H3. The molecule has 0 spiro atoms. The van der Waals surface area contributed by atoms with E-state index in [0.29, 0.717) is 0 Å². The number of nitrogens with zero attached hydrogens (tertiary/aromatic N) is 1. The highest BCUT2D eigenvalue weighted by Crippen LogP contribution is 2.23. The lowest BCUT2D eigenvalue weighted by Gasteiger charge is -2.27. The van der Waals surface area contributed by atoms with E-state index in [1.54, 1.807) is 0 Å². The van der Waals surface area contributed by atoms with Gasteiger partial charge in [0.1, 0.15) is 0 Å². The number of nitrogens with two attached hydrogens (primary N) is 1. The summed E-state index contributed by atoms with van der Waals surface area (Å²) in [6.45, 7) is 8.26. The second-order valence-electron chi connectivity index (χ2n) is 5.55. The number of rotatable bonds is 8. The van der Waals surface area contributed by atoms with Crippen LogP contribution in [0.15, 0.2) is 0 Å². The minimum Gasteiger partial charge on any atom is -0.330 e. The first-order valence-corrected chi connectivity index (χ1v) is 7.20. The molecule has 0 aromatic carbocycles. The van der Waals surface area contributed by atoms with Crippen molar-refractivity contribution in [1.29, 1.82) is 0 Å². The van der Waals surface area contributed by atoms with E-state index in [1.165, 1.54) is 58.0 Å². The quantitative estimate of drug-likeness (QED) is 0.645. The van der Waals surface area contributed by atoms with Crippen LogP contribution < -0.4 is 5.73 Å². The molecule has 1 rings (SSSR count). The first-order chi connectivity index (χ1) is 7.75. The Morgan fingerprint density at radius 3 is 2.50 bits per heavy atom. The lowest BCUT2D eigenvalue weighted by molar-refractivity contribution is 0.202. The fraction of sp³-hybridized carbons (Fsp3) is 1.00. The zero-order valence-electron chi connectivity index (χ0n) is 11.3. The van der Waals surface area contributed by atoms with Gasteiger partial charge in [-0.15, -0.1) is 0 Å². The molecule has 2 heteroatoms. The molecule has 2 N–H and O–H groups in total. The van der Waals surface area contributed by atoms with E-state index < -0.39 is 0 Å². The van der Waals surface area contributed by atoms with Crippen molar-refractivity contribution in [1.82, 2.24) is 4.90 Å². The average Bonchev–Trinajstić information content (AvgIpc) is 2.71. The lowest BCUT2D eigenvalue weighted by Crippen LogP contribution is -2.34. The minimum absolute atomic E-state index is 0.833. The van der Waals surface area contributed by atoms with E-state index >= 15 is 0 Å². The summed E-state index contributed by atoms with van der Waals surface area (Å²) in [6.07, 6.45) is 9.51. The topological polar surface area (TPSA) is 29.3 Å². The molecule has 1 aliphatic heterocycles. The summed E-state index contributed by atoms with van der Waals surface area (Å²) < 4.78 is 0. The molecule has 1 aliphatic rings. The molecule has 0 radical (unpaired) electrons. The van der Waals surface area contributed by atoms with Crippen LogP contribution in [0.4, 0.5) is 0 Å². The van der Waals surface area contributed by atoms with Gasteiger partial charge >= 0.3 is 0 Å². The summed E-state index contributed by atoms with van der Waals surface area (Å²) in [6, 6.07) is 0.865. The van der Waals surface area contributed by atoms with Crippen molar-refractivity contribution in [3.8, 4) is 0 Å². The van der Waals surface area contributed by atoms with Crippen LogP contribution in [0.1, 0.15) is 58.8 Å². The third kappa shape index (κ3) is 4.84. The second-order valence-corrected chi connectivity index (χ2v) is 5.55. The van der Waals surface area contributed by atoms with Crippen LogP contribution in [0.3, 0.4) is 0 Å². The molecule has 96 valence electrons. The molecular weight excluding hydrogens is 196 g/mol. The number of hydrogen-bond donors (Lipinski definition) is 1.